The number of nitrogens with one attached hydrogen (secondary N) is 2. The molecule has 0 radical (unpaired) electrons. The highest BCUT2D eigenvalue weighted by Crippen LogP contribution is 2.24. The van der Waals surface area contributed by atoms with E-state index >= 15 is 0 Å². The standard InChI is InChI=1S/C12H19N3OS/c1-8-5-3-4-6-10(8)14-11(16)15-12-13-7-9(2)17-12/h7-8,10H,3-6H2,1-2H3,(H2,13,14,15,16). The number of hydrogen-bond acceptors (Lipinski definition) is 3. The number of anilines is 1. The van der Waals surface area contributed by atoms with Crippen molar-refractivity contribution in [2.24, 2.45) is 5.92 Å². The number of aryl methyl sites for hydroxylation is 1. The maximum absolute atomic E-state index is 11.8. The van der Waals surface area contributed by atoms with E-state index in [0.29, 0.717) is 17.1 Å². The fraction of sp³-hybridized carbons (Fsp3) is 0.667. The van der Waals surface area contributed by atoms with Crippen LogP contribution in [0, 0.1) is 12.8 Å². The number of hydrogen-bond donors (Lipinski definition) is 2. The van der Waals surface area contributed by atoms with Crippen LogP contribution in [0.3, 0.4) is 0 Å². The number of aromatic nitrogens is 1. The first-order valence-corrected chi connectivity index (χ1v) is 6.97. The van der Waals surface area contributed by atoms with Crippen molar-refractivity contribution < 1.29 is 4.79 Å². The van der Waals surface area contributed by atoms with E-state index in [-0.39, 0.29) is 6.03 Å². The van der Waals surface area contributed by atoms with Gasteiger partial charge in [-0.1, -0.05) is 19.8 Å². The summed E-state index contributed by atoms with van der Waals surface area (Å²) in [7, 11) is 0. The minimum absolute atomic E-state index is 0.127. The van der Waals surface area contributed by atoms with Crippen molar-refractivity contribution in [3.63, 3.8) is 0 Å². The number of rotatable bonds is 2. The Labute approximate surface area is 106 Å². The highest BCUT2D eigenvalue weighted by molar-refractivity contribution is 7.15. The number of carbonyl (C=O) groups is 1. The molecule has 1 saturated carbocycles. The van der Waals surface area contributed by atoms with Gasteiger partial charge in [0.05, 0.1) is 0 Å². The van der Waals surface area contributed by atoms with Gasteiger partial charge in [0.15, 0.2) is 5.13 Å². The van der Waals surface area contributed by atoms with Crippen molar-refractivity contribution in [3.8, 4) is 0 Å². The summed E-state index contributed by atoms with van der Waals surface area (Å²) < 4.78 is 0. The maximum Gasteiger partial charge on any atom is 0.321 e. The average molecular weight is 253 g/mol. The van der Waals surface area contributed by atoms with Crippen molar-refractivity contribution in [2.75, 3.05) is 5.32 Å². The molecule has 1 aromatic rings. The van der Waals surface area contributed by atoms with Gasteiger partial charge in [0, 0.05) is 17.1 Å². The van der Waals surface area contributed by atoms with Crippen molar-refractivity contribution >= 4 is 22.5 Å². The molecule has 0 aliphatic heterocycles. The molecule has 0 spiro atoms. The molecule has 1 aliphatic carbocycles. The van der Waals surface area contributed by atoms with Crippen LogP contribution in [0.25, 0.3) is 0 Å². The van der Waals surface area contributed by atoms with Crippen LogP contribution >= 0.6 is 11.3 Å². The number of urea groups is 1. The second-order valence-electron chi connectivity index (χ2n) is 4.74. The van der Waals surface area contributed by atoms with Crippen LogP contribution in [0.2, 0.25) is 0 Å². The number of thiazole rings is 1. The number of carbonyl (C=O) groups excluding carboxylic acids is 1. The molecule has 1 fully saturated rings. The molecule has 1 aliphatic rings. The van der Waals surface area contributed by atoms with Gasteiger partial charge in [-0.3, -0.25) is 5.32 Å². The molecule has 0 bridgehead atoms. The summed E-state index contributed by atoms with van der Waals surface area (Å²) in [6.07, 6.45) is 6.56. The van der Waals surface area contributed by atoms with Crippen molar-refractivity contribution in [2.45, 2.75) is 45.6 Å². The van der Waals surface area contributed by atoms with E-state index in [2.05, 4.69) is 22.5 Å². The van der Waals surface area contributed by atoms with Crippen molar-refractivity contribution in [1.82, 2.24) is 10.3 Å². The molecule has 94 valence electrons. The minimum atomic E-state index is -0.127. The lowest BCUT2D eigenvalue weighted by atomic mass is 9.86. The highest BCUT2D eigenvalue weighted by Gasteiger charge is 2.22. The maximum atomic E-state index is 11.8. The van der Waals surface area contributed by atoms with Gasteiger partial charge >= 0.3 is 6.03 Å². The zero-order chi connectivity index (χ0) is 12.3. The Morgan fingerprint density at radius 2 is 2.24 bits per heavy atom. The normalized spacial score (nSPS) is 24.4. The fourth-order valence-corrected chi connectivity index (χ4v) is 2.90. The lowest BCUT2D eigenvalue weighted by Crippen LogP contribution is -2.43. The first-order chi connectivity index (χ1) is 8.15. The van der Waals surface area contributed by atoms with Crippen LogP contribution in [0.1, 0.15) is 37.5 Å². The summed E-state index contributed by atoms with van der Waals surface area (Å²) in [6, 6.07) is 0.183. The lowest BCUT2D eigenvalue weighted by molar-refractivity contribution is 0.232. The van der Waals surface area contributed by atoms with Crippen LogP contribution in [0.15, 0.2) is 6.20 Å². The molecule has 17 heavy (non-hydrogen) atoms. The van der Waals surface area contributed by atoms with E-state index in [9.17, 15) is 4.79 Å². The summed E-state index contributed by atoms with van der Waals surface area (Å²) >= 11 is 1.50. The van der Waals surface area contributed by atoms with E-state index in [1.165, 1.54) is 30.6 Å². The predicted octanol–water partition coefficient (Wildman–Crippen LogP) is 3.15. The van der Waals surface area contributed by atoms with E-state index < -0.39 is 0 Å². The summed E-state index contributed by atoms with van der Waals surface area (Å²) in [4.78, 5) is 17.0. The summed E-state index contributed by atoms with van der Waals surface area (Å²) in [5, 5.41) is 6.50. The van der Waals surface area contributed by atoms with Gasteiger partial charge < -0.3 is 5.32 Å². The van der Waals surface area contributed by atoms with Gasteiger partial charge in [0.1, 0.15) is 0 Å². The predicted molar refractivity (Wildman–Crippen MR) is 70.4 cm³/mol. The number of nitrogens with zero attached hydrogens (tertiary/aromatic N) is 1. The molecule has 2 rings (SSSR count). The average Bonchev–Trinajstić information content (AvgIpc) is 2.67. The zero-order valence-corrected chi connectivity index (χ0v) is 11.1. The summed E-state index contributed by atoms with van der Waals surface area (Å²) in [5.41, 5.74) is 0. The largest absolute Gasteiger partial charge is 0.335 e. The quantitative estimate of drug-likeness (QED) is 0.850. The molecule has 1 heterocycles. The van der Waals surface area contributed by atoms with E-state index in [1.807, 2.05) is 6.92 Å². The van der Waals surface area contributed by atoms with Gasteiger partial charge in [-0.05, 0) is 25.7 Å². The van der Waals surface area contributed by atoms with Crippen molar-refractivity contribution in [1.29, 1.82) is 0 Å². The lowest BCUT2D eigenvalue weighted by Gasteiger charge is -2.29. The van der Waals surface area contributed by atoms with Crippen LogP contribution < -0.4 is 10.6 Å². The Balaban J connectivity index is 1.84. The molecule has 5 heteroatoms. The highest BCUT2D eigenvalue weighted by atomic mass is 32.1. The number of amides is 2. The molecule has 0 saturated heterocycles. The van der Waals surface area contributed by atoms with Crippen LogP contribution in [0.4, 0.5) is 9.93 Å². The van der Waals surface area contributed by atoms with Gasteiger partial charge in [0.25, 0.3) is 0 Å². The smallest absolute Gasteiger partial charge is 0.321 e. The third-order valence-corrected chi connectivity index (χ3v) is 4.10. The summed E-state index contributed by atoms with van der Waals surface area (Å²) in [6.45, 7) is 4.18. The van der Waals surface area contributed by atoms with E-state index in [0.717, 1.165) is 11.3 Å². The fourth-order valence-electron chi connectivity index (χ4n) is 2.24. The second kappa shape index (κ2) is 5.49. The first-order valence-electron chi connectivity index (χ1n) is 6.15. The molecular weight excluding hydrogens is 234 g/mol. The van der Waals surface area contributed by atoms with Crippen LogP contribution in [-0.4, -0.2) is 17.1 Å². The van der Waals surface area contributed by atoms with Gasteiger partial charge in [-0.2, -0.15) is 0 Å². The summed E-state index contributed by atoms with van der Waals surface area (Å²) in [5.74, 6) is 0.576. The molecule has 4 nitrogen and oxygen atoms in total. The Bertz CT molecular complexity index is 391. The molecule has 0 aromatic carbocycles. The molecule has 2 N–H and O–H groups in total. The Morgan fingerprint density at radius 3 is 2.88 bits per heavy atom. The second-order valence-corrected chi connectivity index (χ2v) is 5.98. The van der Waals surface area contributed by atoms with Crippen molar-refractivity contribution in [3.05, 3.63) is 11.1 Å². The van der Waals surface area contributed by atoms with E-state index in [4.69, 9.17) is 0 Å². The van der Waals surface area contributed by atoms with Crippen LogP contribution in [0.5, 0.6) is 0 Å². The third kappa shape index (κ3) is 3.43. The first kappa shape index (κ1) is 12.4. The molecule has 2 unspecified atom stereocenters. The SMILES string of the molecule is Cc1cnc(NC(=O)NC2CCCCC2C)s1. The monoisotopic (exact) mass is 253 g/mol. The topological polar surface area (TPSA) is 54.0 Å². The molecule has 2 amide bonds. The van der Waals surface area contributed by atoms with Gasteiger partial charge in [-0.15, -0.1) is 11.3 Å². The third-order valence-electron chi connectivity index (χ3n) is 3.27. The van der Waals surface area contributed by atoms with Gasteiger partial charge in [-0.25, -0.2) is 9.78 Å². The Hall–Kier alpha value is -1.10. The van der Waals surface area contributed by atoms with E-state index in [1.54, 1.807) is 6.20 Å². The molecular formula is C12H19N3OS. The van der Waals surface area contributed by atoms with Crippen LogP contribution in [-0.2, 0) is 0 Å². The molecule has 2 atom stereocenters. The zero-order valence-electron chi connectivity index (χ0n) is 10.3. The molecule has 1 aromatic heterocycles. The minimum Gasteiger partial charge on any atom is -0.335 e. The van der Waals surface area contributed by atoms with Gasteiger partial charge in [0.2, 0.25) is 0 Å². The Morgan fingerprint density at radius 1 is 1.47 bits per heavy atom. The Kier molecular flexibility index (Phi) is 3.99.